The fraction of sp³-hybridized carbons (Fsp3) is 0.300. The number of nitro benzene ring substituents is 1. The van der Waals surface area contributed by atoms with Gasteiger partial charge < -0.3 is 4.90 Å². The summed E-state index contributed by atoms with van der Waals surface area (Å²) in [6, 6.07) is 2.24. The van der Waals surface area contributed by atoms with Crippen LogP contribution in [0.15, 0.2) is 16.6 Å². The Balaban J connectivity index is 2.56. The van der Waals surface area contributed by atoms with Crippen molar-refractivity contribution in [3.05, 3.63) is 32.5 Å². The van der Waals surface area contributed by atoms with E-state index in [9.17, 15) is 19.3 Å². The quantitative estimate of drug-likeness (QED) is 0.473. The van der Waals surface area contributed by atoms with Crippen molar-refractivity contribution in [2.24, 2.45) is 0 Å². The van der Waals surface area contributed by atoms with Gasteiger partial charge in [-0.25, -0.2) is 4.39 Å². The van der Waals surface area contributed by atoms with Crippen LogP contribution in [0.25, 0.3) is 0 Å². The van der Waals surface area contributed by atoms with Gasteiger partial charge in [-0.2, -0.15) is 0 Å². The summed E-state index contributed by atoms with van der Waals surface area (Å²) in [5.41, 5.74) is -0.780. The van der Waals surface area contributed by atoms with Gasteiger partial charge in [-0.05, 0) is 6.07 Å². The van der Waals surface area contributed by atoms with Crippen LogP contribution in [-0.4, -0.2) is 22.8 Å². The van der Waals surface area contributed by atoms with Gasteiger partial charge in [-0.1, -0.05) is 15.9 Å². The van der Waals surface area contributed by atoms with Crippen LogP contribution in [0, 0.1) is 15.9 Å². The summed E-state index contributed by atoms with van der Waals surface area (Å²) in [6.45, 7) is 0.0692. The number of benzene rings is 1. The van der Waals surface area contributed by atoms with Crippen LogP contribution in [0.5, 0.6) is 0 Å². The smallest absolute Gasteiger partial charge is 0.297 e. The van der Waals surface area contributed by atoms with Gasteiger partial charge >= 0.3 is 0 Å². The largest absolute Gasteiger partial charge is 0.302 e. The lowest BCUT2D eigenvalue weighted by atomic mass is 10.2. The topological polar surface area (TPSA) is 63.5 Å². The molecule has 0 radical (unpaired) electrons. The van der Waals surface area contributed by atoms with Crippen molar-refractivity contribution in [2.45, 2.75) is 11.8 Å². The molecule has 1 fully saturated rings. The third kappa shape index (κ3) is 2.32. The molecule has 2 rings (SSSR count). The molecule has 8 heteroatoms. The molecule has 1 aliphatic rings. The Morgan fingerprint density at radius 2 is 2.22 bits per heavy atom. The summed E-state index contributed by atoms with van der Waals surface area (Å²) in [6.07, 6.45) is 0.0498. The molecule has 0 aromatic heterocycles. The molecule has 0 N–H and O–H groups in total. The van der Waals surface area contributed by atoms with Gasteiger partial charge in [-0.15, -0.1) is 11.6 Å². The van der Waals surface area contributed by atoms with Crippen molar-refractivity contribution >= 4 is 44.8 Å². The number of anilines is 1. The normalized spacial score (nSPS) is 19.4. The van der Waals surface area contributed by atoms with Gasteiger partial charge in [0.1, 0.15) is 0 Å². The maximum atomic E-state index is 13.9. The van der Waals surface area contributed by atoms with Crippen LogP contribution in [0.3, 0.4) is 0 Å². The van der Waals surface area contributed by atoms with E-state index in [2.05, 4.69) is 15.9 Å². The number of nitro groups is 1. The number of nitrogens with zero attached hydrogens (tertiary/aromatic N) is 2. The predicted molar refractivity (Wildman–Crippen MR) is 67.4 cm³/mol. The highest BCUT2D eigenvalue weighted by atomic mass is 79.9. The Labute approximate surface area is 115 Å². The summed E-state index contributed by atoms with van der Waals surface area (Å²) >= 11 is 8.78. The summed E-state index contributed by atoms with van der Waals surface area (Å²) in [5, 5.41) is 10.5. The zero-order chi connectivity index (χ0) is 13.4. The fourth-order valence-corrected chi connectivity index (χ4v) is 2.53. The lowest BCUT2D eigenvalue weighted by Crippen LogP contribution is -2.26. The van der Waals surface area contributed by atoms with Gasteiger partial charge in [0, 0.05) is 23.5 Å². The molecule has 0 saturated carbocycles. The minimum atomic E-state index is -0.824. The van der Waals surface area contributed by atoms with Crippen LogP contribution >= 0.6 is 27.5 Å². The van der Waals surface area contributed by atoms with Crippen molar-refractivity contribution in [1.82, 2.24) is 0 Å². The average molecular weight is 338 g/mol. The van der Waals surface area contributed by atoms with E-state index >= 15 is 0 Å². The van der Waals surface area contributed by atoms with Crippen molar-refractivity contribution in [2.75, 3.05) is 11.4 Å². The second-order valence-corrected chi connectivity index (χ2v) is 5.35. The van der Waals surface area contributed by atoms with E-state index in [1.54, 1.807) is 0 Å². The highest BCUT2D eigenvalue weighted by Gasteiger charge is 2.35. The SMILES string of the molecule is O=C1CC(Cl)CN1c1c(F)cc(Br)cc1[N+](=O)[O-]. The molecule has 96 valence electrons. The molecular formula is C10H7BrClFN2O3. The minimum absolute atomic E-state index is 0.0498. The first kappa shape index (κ1) is 13.2. The Morgan fingerprint density at radius 3 is 2.72 bits per heavy atom. The molecule has 18 heavy (non-hydrogen) atoms. The van der Waals surface area contributed by atoms with E-state index in [1.165, 1.54) is 0 Å². The molecule has 1 aliphatic heterocycles. The van der Waals surface area contributed by atoms with Crippen LogP contribution < -0.4 is 4.90 Å². The molecule has 1 amide bonds. The monoisotopic (exact) mass is 336 g/mol. The van der Waals surface area contributed by atoms with Crippen LogP contribution in [0.1, 0.15) is 6.42 Å². The molecule has 0 bridgehead atoms. The van der Waals surface area contributed by atoms with Crippen molar-refractivity contribution in [3.8, 4) is 0 Å². The lowest BCUT2D eigenvalue weighted by Gasteiger charge is -2.16. The van der Waals surface area contributed by atoms with E-state index in [4.69, 9.17) is 11.6 Å². The Kier molecular flexibility index (Phi) is 3.54. The number of halogens is 3. The van der Waals surface area contributed by atoms with Gasteiger partial charge in [0.2, 0.25) is 5.91 Å². The van der Waals surface area contributed by atoms with Crippen molar-refractivity contribution in [3.63, 3.8) is 0 Å². The molecule has 1 heterocycles. The molecular weight excluding hydrogens is 330 g/mol. The molecule has 0 aliphatic carbocycles. The summed E-state index contributed by atoms with van der Waals surface area (Å²) < 4.78 is 14.1. The zero-order valence-corrected chi connectivity index (χ0v) is 11.2. The van der Waals surface area contributed by atoms with Crippen LogP contribution in [0.4, 0.5) is 15.8 Å². The fourth-order valence-electron chi connectivity index (χ4n) is 1.84. The summed E-state index contributed by atoms with van der Waals surface area (Å²) in [4.78, 5) is 22.9. The van der Waals surface area contributed by atoms with Crippen molar-refractivity contribution in [1.29, 1.82) is 0 Å². The second-order valence-electron chi connectivity index (χ2n) is 3.82. The minimum Gasteiger partial charge on any atom is -0.302 e. The Morgan fingerprint density at radius 1 is 1.56 bits per heavy atom. The van der Waals surface area contributed by atoms with Gasteiger partial charge in [0.25, 0.3) is 5.69 Å². The molecule has 1 aromatic rings. The average Bonchev–Trinajstić information content (AvgIpc) is 2.56. The molecule has 0 spiro atoms. The standard InChI is InChI=1S/C10H7BrClFN2O3/c11-5-1-7(13)10(8(2-5)15(17)18)14-4-6(12)3-9(14)16/h1-2,6H,3-4H2. The summed E-state index contributed by atoms with van der Waals surface area (Å²) in [7, 11) is 0. The van der Waals surface area contributed by atoms with Gasteiger partial charge in [0.15, 0.2) is 11.5 Å². The van der Waals surface area contributed by atoms with E-state index in [-0.39, 0.29) is 23.1 Å². The first-order valence-electron chi connectivity index (χ1n) is 4.98. The third-order valence-corrected chi connectivity index (χ3v) is 3.30. The highest BCUT2D eigenvalue weighted by molar-refractivity contribution is 9.10. The number of hydrogen-bond acceptors (Lipinski definition) is 3. The summed E-state index contributed by atoms with van der Waals surface area (Å²) in [5.74, 6) is -1.24. The van der Waals surface area contributed by atoms with E-state index < -0.39 is 27.7 Å². The number of amides is 1. The van der Waals surface area contributed by atoms with E-state index in [0.717, 1.165) is 17.0 Å². The molecule has 1 aromatic carbocycles. The van der Waals surface area contributed by atoms with Crippen LogP contribution in [0.2, 0.25) is 0 Å². The molecule has 1 unspecified atom stereocenters. The number of alkyl halides is 1. The second kappa shape index (κ2) is 4.81. The number of carbonyl (C=O) groups is 1. The van der Waals surface area contributed by atoms with Gasteiger partial charge in [0.05, 0.1) is 10.3 Å². The number of rotatable bonds is 2. The Hall–Kier alpha value is -1.21. The lowest BCUT2D eigenvalue weighted by molar-refractivity contribution is -0.384. The van der Waals surface area contributed by atoms with E-state index in [1.807, 2.05) is 0 Å². The highest BCUT2D eigenvalue weighted by Crippen LogP contribution is 2.37. The first-order valence-corrected chi connectivity index (χ1v) is 6.21. The molecule has 5 nitrogen and oxygen atoms in total. The maximum Gasteiger partial charge on any atom is 0.297 e. The van der Waals surface area contributed by atoms with E-state index in [0.29, 0.717) is 0 Å². The molecule has 1 atom stereocenters. The zero-order valence-electron chi connectivity index (χ0n) is 8.90. The molecule has 1 saturated heterocycles. The first-order chi connectivity index (χ1) is 8.40. The number of hydrogen-bond donors (Lipinski definition) is 0. The maximum absolute atomic E-state index is 13.9. The van der Waals surface area contributed by atoms with Gasteiger partial charge in [-0.3, -0.25) is 14.9 Å². The third-order valence-electron chi connectivity index (χ3n) is 2.55. The Bertz CT molecular complexity index is 540. The van der Waals surface area contributed by atoms with Crippen molar-refractivity contribution < 1.29 is 14.1 Å². The predicted octanol–water partition coefficient (Wildman–Crippen LogP) is 2.84. The van der Waals surface area contributed by atoms with Crippen LogP contribution in [-0.2, 0) is 4.79 Å². The number of carbonyl (C=O) groups excluding carboxylic acids is 1.